The maximum Gasteiger partial charge on any atom is 0.132 e. The summed E-state index contributed by atoms with van der Waals surface area (Å²) in [7, 11) is 0. The molecule has 1 spiro atoms. The van der Waals surface area contributed by atoms with Crippen LogP contribution in [-0.4, -0.2) is 4.98 Å². The van der Waals surface area contributed by atoms with Gasteiger partial charge in [-0.25, -0.2) is 4.98 Å². The number of benzene rings is 6. The largest absolute Gasteiger partial charge is 0.457 e. The fourth-order valence-electron chi connectivity index (χ4n) is 10.5. The average molecular weight is 778 g/mol. The average Bonchev–Trinajstić information content (AvgIpc) is 3.57. The first kappa shape index (κ1) is 37.7. The molecule has 294 valence electrons. The zero-order valence-corrected chi connectivity index (χ0v) is 35.5. The number of pyridine rings is 1. The number of hydrogen-bond acceptors (Lipinski definition) is 2. The number of para-hydroxylation sites is 2. The zero-order valence-electron chi connectivity index (χ0n) is 35.5. The third-order valence-electron chi connectivity index (χ3n) is 13.2. The molecule has 60 heavy (non-hydrogen) atoms. The lowest BCUT2D eigenvalue weighted by Gasteiger charge is -2.39. The van der Waals surface area contributed by atoms with E-state index in [1.54, 1.807) is 0 Å². The molecule has 0 saturated heterocycles. The van der Waals surface area contributed by atoms with Crippen LogP contribution in [0, 0.1) is 11.3 Å². The van der Waals surface area contributed by atoms with Crippen LogP contribution in [0.3, 0.4) is 0 Å². The van der Waals surface area contributed by atoms with Crippen molar-refractivity contribution in [3.8, 4) is 56.3 Å². The van der Waals surface area contributed by atoms with Crippen molar-refractivity contribution < 1.29 is 4.74 Å². The molecule has 2 heterocycles. The summed E-state index contributed by atoms with van der Waals surface area (Å²) in [5.74, 6) is 2.31. The molecule has 10 rings (SSSR count). The van der Waals surface area contributed by atoms with Crippen molar-refractivity contribution in [1.82, 2.24) is 4.98 Å². The quantitative estimate of drug-likeness (QED) is 0.174. The van der Waals surface area contributed by atoms with Crippen LogP contribution in [0.1, 0.15) is 81.3 Å². The Bertz CT molecular complexity index is 2850. The van der Waals surface area contributed by atoms with Gasteiger partial charge in [-0.05, 0) is 105 Å². The summed E-state index contributed by atoms with van der Waals surface area (Å²) in [5, 5.41) is 0. The number of ether oxygens (including phenoxy) is 1. The zero-order chi connectivity index (χ0) is 41.2. The van der Waals surface area contributed by atoms with E-state index in [4.69, 9.17) is 9.72 Å². The molecule has 1 aromatic heterocycles. The van der Waals surface area contributed by atoms with Crippen LogP contribution in [0.5, 0.6) is 11.5 Å². The van der Waals surface area contributed by atoms with Crippen molar-refractivity contribution in [2.45, 2.75) is 59.8 Å². The molecular weight excluding hydrogens is 727 g/mol. The molecule has 2 heteroatoms. The lowest BCUT2D eigenvalue weighted by Crippen LogP contribution is -2.32. The van der Waals surface area contributed by atoms with Gasteiger partial charge in [0.1, 0.15) is 11.5 Å². The van der Waals surface area contributed by atoms with Gasteiger partial charge in [-0.15, -0.1) is 0 Å². The van der Waals surface area contributed by atoms with Crippen LogP contribution in [0.2, 0.25) is 0 Å². The number of nitrogens with zero attached hydrogens (tertiary/aromatic N) is 1. The number of rotatable bonds is 5. The van der Waals surface area contributed by atoms with Crippen molar-refractivity contribution in [2.24, 2.45) is 11.3 Å². The highest BCUT2D eigenvalue weighted by molar-refractivity contribution is 5.97. The van der Waals surface area contributed by atoms with Crippen molar-refractivity contribution in [3.05, 3.63) is 214 Å². The normalized spacial score (nSPS) is 17.1. The summed E-state index contributed by atoms with van der Waals surface area (Å²) in [4.78, 5) is 5.71. The summed E-state index contributed by atoms with van der Waals surface area (Å²) < 4.78 is 6.64. The van der Waals surface area contributed by atoms with Crippen molar-refractivity contribution in [2.75, 3.05) is 0 Å². The SMILES string of the molecule is CCc1c(-c2ccccc2)cc(-c2ccc(C3=C/C=C(/C(C)(C)C)C(C)CC=C3C)cc2)nc1-c1cccc2c1-c1ccccc1C21c2ccccc2Oc2ccccc21. The fraction of sp³-hybridized carbons (Fsp3) is 0.190. The smallest absolute Gasteiger partial charge is 0.132 e. The molecule has 1 unspecified atom stereocenters. The predicted octanol–water partition coefficient (Wildman–Crippen LogP) is 15.5. The highest BCUT2D eigenvalue weighted by Crippen LogP contribution is 2.63. The van der Waals surface area contributed by atoms with E-state index in [0.29, 0.717) is 5.92 Å². The number of allylic oxidation sites excluding steroid dienone is 6. The third-order valence-corrected chi connectivity index (χ3v) is 13.2. The highest BCUT2D eigenvalue weighted by Gasteiger charge is 2.51. The highest BCUT2D eigenvalue weighted by atomic mass is 16.5. The van der Waals surface area contributed by atoms with Gasteiger partial charge in [0.2, 0.25) is 0 Å². The fourth-order valence-corrected chi connectivity index (χ4v) is 10.5. The summed E-state index contributed by atoms with van der Waals surface area (Å²) in [5.41, 5.74) is 20.2. The first-order chi connectivity index (χ1) is 29.2. The second-order valence-corrected chi connectivity index (χ2v) is 17.8. The molecule has 0 N–H and O–H groups in total. The summed E-state index contributed by atoms with van der Waals surface area (Å²) in [6.07, 6.45) is 9.03. The minimum atomic E-state index is -0.547. The molecule has 2 nitrogen and oxygen atoms in total. The first-order valence-electron chi connectivity index (χ1n) is 21.6. The summed E-state index contributed by atoms with van der Waals surface area (Å²) >= 11 is 0. The minimum Gasteiger partial charge on any atom is -0.457 e. The molecule has 0 radical (unpaired) electrons. The van der Waals surface area contributed by atoms with Crippen LogP contribution in [0.15, 0.2) is 181 Å². The molecule has 3 aliphatic rings. The molecule has 7 aromatic rings. The number of fused-ring (bicyclic) bond motifs is 9. The Balaban J connectivity index is 1.19. The predicted molar refractivity (Wildman–Crippen MR) is 250 cm³/mol. The molecule has 2 aliphatic carbocycles. The maximum atomic E-state index is 6.64. The molecule has 0 amide bonds. The van der Waals surface area contributed by atoms with Gasteiger partial charge in [0, 0.05) is 22.3 Å². The Labute approximate surface area is 355 Å². The molecule has 0 bridgehead atoms. The standard InChI is InChI=1S/C58H51NO/c1-7-42-46(39-18-9-8-10-19-39)36-52(41-32-30-40(31-33-41)43-34-35-47(57(4,5)6)38(3)29-28-37(43)2)59-56(42)45-21-17-25-51-55(45)44-20-11-12-22-48(44)58(51)49-23-13-15-26-53(49)60-54-27-16-14-24-50(54)58/h8-28,30-36,38H,7,29H2,1-6H3/b37-28?,43-34?,47-35+. The number of hydrogen-bond donors (Lipinski definition) is 0. The topological polar surface area (TPSA) is 22.1 Å². The molecule has 6 aromatic carbocycles. The van der Waals surface area contributed by atoms with Crippen molar-refractivity contribution in [1.29, 1.82) is 0 Å². The van der Waals surface area contributed by atoms with Gasteiger partial charge in [0.05, 0.1) is 16.8 Å². The van der Waals surface area contributed by atoms with Gasteiger partial charge < -0.3 is 4.74 Å². The van der Waals surface area contributed by atoms with Crippen molar-refractivity contribution in [3.63, 3.8) is 0 Å². The molecule has 0 saturated carbocycles. The molecule has 0 fully saturated rings. The van der Waals surface area contributed by atoms with E-state index in [-0.39, 0.29) is 5.41 Å². The molecule has 1 atom stereocenters. The Kier molecular flexibility index (Phi) is 9.21. The molecule has 1 aliphatic heterocycles. The minimum absolute atomic E-state index is 0.121. The number of aromatic nitrogens is 1. The van der Waals surface area contributed by atoms with Crippen LogP contribution in [0.4, 0.5) is 0 Å². The van der Waals surface area contributed by atoms with Gasteiger partial charge >= 0.3 is 0 Å². The second kappa shape index (κ2) is 14.6. The Morgan fingerprint density at radius 2 is 1.22 bits per heavy atom. The van der Waals surface area contributed by atoms with E-state index in [1.807, 2.05) is 0 Å². The lowest BCUT2D eigenvalue weighted by molar-refractivity contribution is 0.436. The van der Waals surface area contributed by atoms with E-state index < -0.39 is 5.41 Å². The van der Waals surface area contributed by atoms with E-state index in [9.17, 15) is 0 Å². The van der Waals surface area contributed by atoms with Crippen LogP contribution < -0.4 is 4.74 Å². The Morgan fingerprint density at radius 3 is 1.90 bits per heavy atom. The van der Waals surface area contributed by atoms with Gasteiger partial charge in [-0.2, -0.15) is 0 Å². The maximum absolute atomic E-state index is 6.64. The van der Waals surface area contributed by atoms with Gasteiger partial charge in [-0.3, -0.25) is 0 Å². The van der Waals surface area contributed by atoms with E-state index in [1.165, 1.54) is 72.4 Å². The van der Waals surface area contributed by atoms with E-state index in [2.05, 4.69) is 211 Å². The summed E-state index contributed by atoms with van der Waals surface area (Å²) in [6.45, 7) is 13.9. The monoisotopic (exact) mass is 777 g/mol. The second-order valence-electron chi connectivity index (χ2n) is 17.8. The van der Waals surface area contributed by atoms with E-state index in [0.717, 1.165) is 46.9 Å². The Hall–Kier alpha value is -6.51. The third kappa shape index (κ3) is 5.95. The van der Waals surface area contributed by atoms with Gasteiger partial charge in [-0.1, -0.05) is 192 Å². The Morgan fingerprint density at radius 1 is 0.617 bits per heavy atom. The van der Waals surface area contributed by atoms with Crippen LogP contribution in [0.25, 0.3) is 50.3 Å². The first-order valence-corrected chi connectivity index (χ1v) is 21.6. The lowest BCUT2D eigenvalue weighted by atomic mass is 9.66. The molecular formula is C58H51NO. The van der Waals surface area contributed by atoms with Gasteiger partial charge in [0.15, 0.2) is 0 Å². The van der Waals surface area contributed by atoms with Gasteiger partial charge in [0.25, 0.3) is 0 Å². The summed E-state index contributed by atoms with van der Waals surface area (Å²) in [6, 6.07) is 55.3. The van der Waals surface area contributed by atoms with Crippen LogP contribution >= 0.6 is 0 Å². The van der Waals surface area contributed by atoms with E-state index >= 15 is 0 Å². The van der Waals surface area contributed by atoms with Crippen LogP contribution in [-0.2, 0) is 11.8 Å². The van der Waals surface area contributed by atoms with Crippen molar-refractivity contribution >= 4 is 5.57 Å².